The monoisotopic (exact) mass is 242 g/mol. The first-order chi connectivity index (χ1) is 7.53. The molecule has 1 aromatic carbocycles. The quantitative estimate of drug-likeness (QED) is 0.727. The van der Waals surface area contributed by atoms with E-state index < -0.39 is 21.6 Å². The summed E-state index contributed by atoms with van der Waals surface area (Å²) in [6, 6.07) is 9.12. The van der Waals surface area contributed by atoms with Crippen LogP contribution in [0, 0.1) is 0 Å². The molecule has 16 heavy (non-hydrogen) atoms. The van der Waals surface area contributed by atoms with Crippen LogP contribution in [0.3, 0.4) is 0 Å². The van der Waals surface area contributed by atoms with Gasteiger partial charge in [0.15, 0.2) is 9.84 Å². The average Bonchev–Trinajstić information content (AvgIpc) is 2.27. The SMILES string of the molecule is CCS(=O)(=O)CC(=O)OCc1ccccc1. The highest BCUT2D eigenvalue weighted by Gasteiger charge is 2.15. The Labute approximate surface area is 95.2 Å². The van der Waals surface area contributed by atoms with Crippen molar-refractivity contribution in [1.29, 1.82) is 0 Å². The molecule has 0 bridgehead atoms. The van der Waals surface area contributed by atoms with Gasteiger partial charge in [-0.1, -0.05) is 37.3 Å². The summed E-state index contributed by atoms with van der Waals surface area (Å²) < 4.78 is 27.1. The van der Waals surface area contributed by atoms with Crippen LogP contribution in [0.15, 0.2) is 30.3 Å². The second-order valence-corrected chi connectivity index (χ2v) is 5.68. The zero-order chi connectivity index (χ0) is 12.0. The number of ether oxygens (including phenoxy) is 1. The largest absolute Gasteiger partial charge is 0.460 e. The third kappa shape index (κ3) is 4.44. The molecule has 0 saturated carbocycles. The molecule has 0 aliphatic rings. The van der Waals surface area contributed by atoms with Gasteiger partial charge >= 0.3 is 5.97 Å². The first-order valence-electron chi connectivity index (χ1n) is 4.93. The van der Waals surface area contributed by atoms with E-state index in [-0.39, 0.29) is 12.4 Å². The number of esters is 1. The van der Waals surface area contributed by atoms with Crippen LogP contribution < -0.4 is 0 Å². The van der Waals surface area contributed by atoms with Crippen molar-refractivity contribution in [1.82, 2.24) is 0 Å². The first kappa shape index (κ1) is 12.7. The molecule has 1 aromatic rings. The number of sulfone groups is 1. The number of rotatable bonds is 5. The minimum Gasteiger partial charge on any atom is -0.460 e. The van der Waals surface area contributed by atoms with Gasteiger partial charge < -0.3 is 4.74 Å². The molecule has 0 atom stereocenters. The molecule has 0 spiro atoms. The summed E-state index contributed by atoms with van der Waals surface area (Å²) in [4.78, 5) is 11.2. The van der Waals surface area contributed by atoms with E-state index in [2.05, 4.69) is 0 Å². The molecular formula is C11H14O4S. The maximum absolute atomic E-state index is 11.2. The highest BCUT2D eigenvalue weighted by molar-refractivity contribution is 7.92. The summed E-state index contributed by atoms with van der Waals surface area (Å²) >= 11 is 0. The maximum Gasteiger partial charge on any atom is 0.321 e. The zero-order valence-electron chi connectivity index (χ0n) is 9.05. The molecule has 0 saturated heterocycles. The van der Waals surface area contributed by atoms with Crippen molar-refractivity contribution in [3.8, 4) is 0 Å². The minimum atomic E-state index is -3.30. The lowest BCUT2D eigenvalue weighted by Gasteiger charge is -2.04. The molecule has 0 radical (unpaired) electrons. The van der Waals surface area contributed by atoms with Gasteiger partial charge in [-0.05, 0) is 5.56 Å². The van der Waals surface area contributed by atoms with E-state index in [1.54, 1.807) is 0 Å². The molecule has 0 aromatic heterocycles. The molecule has 0 aliphatic carbocycles. The van der Waals surface area contributed by atoms with E-state index in [1.165, 1.54) is 6.92 Å². The summed E-state index contributed by atoms with van der Waals surface area (Å²) in [6.07, 6.45) is 0. The van der Waals surface area contributed by atoms with Crippen LogP contribution in [0.1, 0.15) is 12.5 Å². The Morgan fingerprint density at radius 2 is 1.88 bits per heavy atom. The van der Waals surface area contributed by atoms with Gasteiger partial charge in [-0.2, -0.15) is 0 Å². The van der Waals surface area contributed by atoms with Crippen LogP contribution in [0.4, 0.5) is 0 Å². The molecule has 0 fully saturated rings. The molecular weight excluding hydrogens is 228 g/mol. The van der Waals surface area contributed by atoms with Gasteiger partial charge in [-0.3, -0.25) is 4.79 Å². The van der Waals surface area contributed by atoms with Crippen molar-refractivity contribution in [3.63, 3.8) is 0 Å². The molecule has 0 amide bonds. The summed E-state index contributed by atoms with van der Waals surface area (Å²) in [5.41, 5.74) is 0.838. The lowest BCUT2D eigenvalue weighted by molar-refractivity contribution is -0.141. The Kier molecular flexibility index (Phi) is 4.49. The second kappa shape index (κ2) is 5.65. The van der Waals surface area contributed by atoms with Crippen LogP contribution in [-0.2, 0) is 26.0 Å². The molecule has 5 heteroatoms. The number of benzene rings is 1. The van der Waals surface area contributed by atoms with E-state index in [0.29, 0.717) is 0 Å². The number of hydrogen-bond donors (Lipinski definition) is 0. The van der Waals surface area contributed by atoms with Crippen LogP contribution in [0.2, 0.25) is 0 Å². The fourth-order valence-corrected chi connectivity index (χ4v) is 1.71. The van der Waals surface area contributed by atoms with E-state index in [0.717, 1.165) is 5.56 Å². The van der Waals surface area contributed by atoms with Gasteiger partial charge in [0.2, 0.25) is 0 Å². The summed E-state index contributed by atoms with van der Waals surface area (Å²) in [5.74, 6) is -1.30. The Bertz CT molecular complexity index is 436. The van der Waals surface area contributed by atoms with Gasteiger partial charge in [-0.25, -0.2) is 8.42 Å². The van der Waals surface area contributed by atoms with Gasteiger partial charge in [-0.15, -0.1) is 0 Å². The predicted molar refractivity (Wildman–Crippen MR) is 60.6 cm³/mol. The topological polar surface area (TPSA) is 60.4 Å². The molecule has 1 rings (SSSR count). The summed E-state index contributed by atoms with van der Waals surface area (Å²) in [7, 11) is -3.30. The minimum absolute atomic E-state index is 0.0482. The van der Waals surface area contributed by atoms with Crippen molar-refractivity contribution in [3.05, 3.63) is 35.9 Å². The summed E-state index contributed by atoms with van der Waals surface area (Å²) in [5, 5.41) is 0. The number of hydrogen-bond acceptors (Lipinski definition) is 4. The van der Waals surface area contributed by atoms with Gasteiger partial charge in [0.1, 0.15) is 12.4 Å². The van der Waals surface area contributed by atoms with E-state index in [9.17, 15) is 13.2 Å². The third-order valence-corrected chi connectivity index (χ3v) is 3.58. The van der Waals surface area contributed by atoms with Crippen LogP contribution in [-0.4, -0.2) is 25.9 Å². The molecule has 0 heterocycles. The molecule has 0 aliphatic heterocycles. The van der Waals surface area contributed by atoms with Crippen LogP contribution >= 0.6 is 0 Å². The predicted octanol–water partition coefficient (Wildman–Crippen LogP) is 1.16. The van der Waals surface area contributed by atoms with Gasteiger partial charge in [0, 0.05) is 5.75 Å². The van der Waals surface area contributed by atoms with Gasteiger partial charge in [0.25, 0.3) is 0 Å². The van der Waals surface area contributed by atoms with Crippen molar-refractivity contribution in [2.24, 2.45) is 0 Å². The highest BCUT2D eigenvalue weighted by Crippen LogP contribution is 2.01. The lowest BCUT2D eigenvalue weighted by atomic mass is 10.2. The molecule has 0 unspecified atom stereocenters. The number of carbonyl (C=O) groups excluding carboxylic acids is 1. The van der Waals surface area contributed by atoms with Crippen molar-refractivity contribution in [2.45, 2.75) is 13.5 Å². The average molecular weight is 242 g/mol. The van der Waals surface area contributed by atoms with E-state index in [1.807, 2.05) is 30.3 Å². The Morgan fingerprint density at radius 1 is 1.25 bits per heavy atom. The summed E-state index contributed by atoms with van der Waals surface area (Å²) in [6.45, 7) is 1.61. The van der Waals surface area contributed by atoms with E-state index >= 15 is 0 Å². The fourth-order valence-electron chi connectivity index (χ4n) is 1.06. The van der Waals surface area contributed by atoms with Crippen molar-refractivity contribution >= 4 is 15.8 Å². The molecule has 4 nitrogen and oxygen atoms in total. The smallest absolute Gasteiger partial charge is 0.321 e. The first-order valence-corrected chi connectivity index (χ1v) is 6.75. The molecule has 88 valence electrons. The lowest BCUT2D eigenvalue weighted by Crippen LogP contribution is -2.19. The van der Waals surface area contributed by atoms with E-state index in [4.69, 9.17) is 4.74 Å². The third-order valence-electron chi connectivity index (χ3n) is 2.02. The standard InChI is InChI=1S/C11H14O4S/c1-2-16(13,14)9-11(12)15-8-10-6-4-3-5-7-10/h3-7H,2,8-9H2,1H3. The molecule has 0 N–H and O–H groups in total. The second-order valence-electron chi connectivity index (χ2n) is 3.32. The zero-order valence-corrected chi connectivity index (χ0v) is 9.87. The Hall–Kier alpha value is -1.36. The van der Waals surface area contributed by atoms with Crippen molar-refractivity contribution in [2.75, 3.05) is 11.5 Å². The van der Waals surface area contributed by atoms with Crippen LogP contribution in [0.25, 0.3) is 0 Å². The number of carbonyl (C=O) groups is 1. The maximum atomic E-state index is 11.2. The van der Waals surface area contributed by atoms with Crippen molar-refractivity contribution < 1.29 is 17.9 Å². The Balaban J connectivity index is 2.43. The van der Waals surface area contributed by atoms with Crippen LogP contribution in [0.5, 0.6) is 0 Å². The normalized spacial score (nSPS) is 11.1. The highest BCUT2D eigenvalue weighted by atomic mass is 32.2. The fraction of sp³-hybridized carbons (Fsp3) is 0.364. The van der Waals surface area contributed by atoms with Gasteiger partial charge in [0.05, 0.1) is 0 Å². The Morgan fingerprint density at radius 3 is 2.44 bits per heavy atom.